The van der Waals surface area contributed by atoms with Gasteiger partial charge in [-0.25, -0.2) is 9.37 Å². The van der Waals surface area contributed by atoms with Gasteiger partial charge in [-0.1, -0.05) is 37.6 Å². The first kappa shape index (κ1) is 16.3. The van der Waals surface area contributed by atoms with Crippen LogP contribution in [0.25, 0.3) is 5.65 Å². The van der Waals surface area contributed by atoms with Crippen molar-refractivity contribution in [2.45, 2.75) is 38.6 Å². The molecule has 1 aromatic carbocycles. The summed E-state index contributed by atoms with van der Waals surface area (Å²) in [6.45, 7) is 8.16. The summed E-state index contributed by atoms with van der Waals surface area (Å²) in [7, 11) is 0. The van der Waals surface area contributed by atoms with Crippen LogP contribution in [-0.4, -0.2) is 20.6 Å². The maximum atomic E-state index is 14.8. The summed E-state index contributed by atoms with van der Waals surface area (Å²) in [5.41, 5.74) is 2.83. The van der Waals surface area contributed by atoms with Crippen molar-refractivity contribution in [1.82, 2.24) is 9.38 Å². The first-order valence-corrected chi connectivity index (χ1v) is 8.63. The molecule has 0 unspecified atom stereocenters. The third kappa shape index (κ3) is 2.17. The zero-order chi connectivity index (χ0) is 18.0. The number of hydrogen-bond acceptors (Lipinski definition) is 2. The number of nitrogens with zero attached hydrogens (tertiary/aromatic N) is 3. The lowest BCUT2D eigenvalue weighted by Gasteiger charge is -2.44. The molecule has 0 fully saturated rings. The Hall–Kier alpha value is -2.20. The maximum absolute atomic E-state index is 14.8. The smallest absolute Gasteiger partial charge is 0.156 e. The van der Waals surface area contributed by atoms with Gasteiger partial charge in [0.25, 0.3) is 0 Å². The molecule has 0 N–H and O–H groups in total. The molecule has 25 heavy (non-hydrogen) atoms. The molecule has 1 aliphatic rings. The van der Waals surface area contributed by atoms with Gasteiger partial charge >= 0.3 is 0 Å². The number of aromatic nitrogens is 2. The van der Waals surface area contributed by atoms with Crippen molar-refractivity contribution in [3.05, 3.63) is 70.4 Å². The molecule has 0 aliphatic carbocycles. The number of rotatable bonds is 1. The van der Waals surface area contributed by atoms with Crippen molar-refractivity contribution >= 4 is 23.0 Å². The van der Waals surface area contributed by atoms with E-state index < -0.39 is 11.0 Å². The molecule has 0 atom stereocenters. The van der Waals surface area contributed by atoms with E-state index in [0.717, 1.165) is 17.0 Å². The standard InChI is InChI=1S/C20H19ClFN3/c1-19(2)16-12(7-5-9-14(16)22)17(24-20(19,3)4)15-11-23-18-13(21)8-6-10-25(15)18/h5-11H,1-4H3. The highest BCUT2D eigenvalue weighted by Gasteiger charge is 2.45. The van der Waals surface area contributed by atoms with Crippen LogP contribution in [0, 0.1) is 5.82 Å². The highest BCUT2D eigenvalue weighted by molar-refractivity contribution is 6.33. The Morgan fingerprint density at radius 3 is 2.60 bits per heavy atom. The van der Waals surface area contributed by atoms with Gasteiger partial charge in [0.15, 0.2) is 5.65 Å². The molecule has 128 valence electrons. The average molecular weight is 356 g/mol. The number of benzene rings is 1. The number of imidazole rings is 1. The first-order valence-electron chi connectivity index (χ1n) is 8.25. The van der Waals surface area contributed by atoms with Crippen LogP contribution in [0.3, 0.4) is 0 Å². The molecular formula is C20H19ClFN3. The molecule has 0 saturated carbocycles. The van der Waals surface area contributed by atoms with Gasteiger partial charge in [0.05, 0.1) is 28.2 Å². The summed E-state index contributed by atoms with van der Waals surface area (Å²) in [4.78, 5) is 9.45. The van der Waals surface area contributed by atoms with Gasteiger partial charge < -0.3 is 0 Å². The van der Waals surface area contributed by atoms with Crippen LogP contribution in [0.1, 0.15) is 44.5 Å². The molecule has 3 heterocycles. The van der Waals surface area contributed by atoms with E-state index in [1.54, 1.807) is 18.3 Å². The van der Waals surface area contributed by atoms with Crippen LogP contribution in [0.2, 0.25) is 5.02 Å². The fourth-order valence-corrected chi connectivity index (χ4v) is 3.70. The Labute approximate surface area is 151 Å². The third-order valence-electron chi connectivity index (χ3n) is 5.55. The zero-order valence-corrected chi connectivity index (χ0v) is 15.4. The van der Waals surface area contributed by atoms with Gasteiger partial charge in [-0.2, -0.15) is 0 Å². The van der Waals surface area contributed by atoms with Crippen LogP contribution in [-0.2, 0) is 5.41 Å². The van der Waals surface area contributed by atoms with Crippen LogP contribution < -0.4 is 0 Å². The van der Waals surface area contributed by atoms with Crippen LogP contribution in [0.15, 0.2) is 47.7 Å². The predicted octanol–water partition coefficient (Wildman–Crippen LogP) is 5.03. The van der Waals surface area contributed by atoms with Gasteiger partial charge in [-0.15, -0.1) is 0 Å². The van der Waals surface area contributed by atoms with Crippen molar-refractivity contribution in [3.8, 4) is 0 Å². The number of hydrogen-bond donors (Lipinski definition) is 0. The van der Waals surface area contributed by atoms with Crippen molar-refractivity contribution in [1.29, 1.82) is 0 Å². The molecule has 2 aromatic heterocycles. The second kappa shape index (κ2) is 5.15. The van der Waals surface area contributed by atoms with E-state index in [1.165, 1.54) is 6.07 Å². The van der Waals surface area contributed by atoms with Gasteiger partial charge in [0.2, 0.25) is 0 Å². The molecule has 4 rings (SSSR count). The summed E-state index contributed by atoms with van der Waals surface area (Å²) < 4.78 is 16.7. The second-order valence-electron chi connectivity index (χ2n) is 7.50. The highest BCUT2D eigenvalue weighted by atomic mass is 35.5. The monoisotopic (exact) mass is 355 g/mol. The molecule has 1 aliphatic heterocycles. The van der Waals surface area contributed by atoms with Crippen molar-refractivity contribution in [2.24, 2.45) is 4.99 Å². The molecule has 3 nitrogen and oxygen atoms in total. The SMILES string of the molecule is CC1(C)N=C(c2cnc3c(Cl)cccn23)c2cccc(F)c2C1(C)C. The number of halogens is 2. The number of aliphatic imine (C=N–C) groups is 1. The molecule has 0 radical (unpaired) electrons. The normalized spacial score (nSPS) is 18.1. The molecule has 0 bridgehead atoms. The van der Waals surface area contributed by atoms with E-state index in [2.05, 4.69) is 4.98 Å². The van der Waals surface area contributed by atoms with Crippen molar-refractivity contribution < 1.29 is 4.39 Å². The minimum atomic E-state index is -0.472. The van der Waals surface area contributed by atoms with Crippen molar-refractivity contribution in [2.75, 3.05) is 0 Å². The van der Waals surface area contributed by atoms with Gasteiger partial charge in [-0.3, -0.25) is 9.39 Å². The summed E-state index contributed by atoms with van der Waals surface area (Å²) in [6, 6.07) is 8.85. The minimum absolute atomic E-state index is 0.199. The largest absolute Gasteiger partial charge is 0.297 e. The Morgan fingerprint density at radius 2 is 1.84 bits per heavy atom. The maximum Gasteiger partial charge on any atom is 0.156 e. The Morgan fingerprint density at radius 1 is 1.08 bits per heavy atom. The Balaban J connectivity index is 2.07. The fourth-order valence-electron chi connectivity index (χ4n) is 3.49. The van der Waals surface area contributed by atoms with E-state index in [4.69, 9.17) is 16.6 Å². The third-order valence-corrected chi connectivity index (χ3v) is 5.84. The molecular weight excluding hydrogens is 337 g/mol. The van der Waals surface area contributed by atoms with Crippen LogP contribution in [0.4, 0.5) is 4.39 Å². The van der Waals surface area contributed by atoms with E-state index in [0.29, 0.717) is 16.2 Å². The molecule has 0 amide bonds. The average Bonchev–Trinajstić information content (AvgIpc) is 2.96. The van der Waals surface area contributed by atoms with Crippen LogP contribution >= 0.6 is 11.6 Å². The summed E-state index contributed by atoms with van der Waals surface area (Å²) >= 11 is 6.25. The number of fused-ring (bicyclic) bond motifs is 2. The quantitative estimate of drug-likeness (QED) is 0.601. The summed E-state index contributed by atoms with van der Waals surface area (Å²) in [6.07, 6.45) is 3.65. The molecule has 0 spiro atoms. The van der Waals surface area contributed by atoms with Gasteiger partial charge in [-0.05, 0) is 32.0 Å². The summed E-state index contributed by atoms with van der Waals surface area (Å²) in [5, 5.41) is 0.573. The Bertz CT molecular complexity index is 1030. The van der Waals surface area contributed by atoms with E-state index in [9.17, 15) is 4.39 Å². The first-order chi connectivity index (χ1) is 11.7. The van der Waals surface area contributed by atoms with Gasteiger partial charge in [0, 0.05) is 22.7 Å². The zero-order valence-electron chi connectivity index (χ0n) is 14.6. The minimum Gasteiger partial charge on any atom is -0.297 e. The fraction of sp³-hybridized carbons (Fsp3) is 0.300. The lowest BCUT2D eigenvalue weighted by molar-refractivity contribution is 0.293. The molecule has 0 saturated heterocycles. The molecule has 3 aromatic rings. The van der Waals surface area contributed by atoms with E-state index in [-0.39, 0.29) is 5.82 Å². The highest BCUT2D eigenvalue weighted by Crippen LogP contribution is 2.45. The summed E-state index contributed by atoms with van der Waals surface area (Å²) in [5.74, 6) is -0.199. The Kier molecular flexibility index (Phi) is 3.35. The van der Waals surface area contributed by atoms with E-state index >= 15 is 0 Å². The molecule has 5 heteroatoms. The number of pyridine rings is 1. The predicted molar refractivity (Wildman–Crippen MR) is 99.3 cm³/mol. The lowest BCUT2D eigenvalue weighted by atomic mass is 9.66. The van der Waals surface area contributed by atoms with Crippen molar-refractivity contribution in [3.63, 3.8) is 0 Å². The topological polar surface area (TPSA) is 29.7 Å². The van der Waals surface area contributed by atoms with E-state index in [1.807, 2.05) is 50.4 Å². The van der Waals surface area contributed by atoms with Crippen LogP contribution in [0.5, 0.6) is 0 Å². The lowest BCUT2D eigenvalue weighted by Crippen LogP contribution is -2.47. The second-order valence-corrected chi connectivity index (χ2v) is 7.91. The van der Waals surface area contributed by atoms with Gasteiger partial charge in [0.1, 0.15) is 5.82 Å².